The maximum Gasteiger partial charge on any atom is 0.153 e. The second kappa shape index (κ2) is 33.6. The number of aryl methyl sites for hydroxylation is 4. The molecule has 8 aromatic heterocycles. The number of rotatable bonds is 24. The summed E-state index contributed by atoms with van der Waals surface area (Å²) in [6.45, 7) is 15.2. The summed E-state index contributed by atoms with van der Waals surface area (Å²) < 4.78 is 41.4. The summed E-state index contributed by atoms with van der Waals surface area (Å²) in [5.74, 6) is 12.3. The van der Waals surface area contributed by atoms with Gasteiger partial charge < -0.3 is 42.5 Å². The van der Waals surface area contributed by atoms with Crippen molar-refractivity contribution in [2.75, 3.05) is 42.5 Å². The van der Waals surface area contributed by atoms with Crippen LogP contribution in [0.4, 0.5) is 83.0 Å². The molecule has 0 aliphatic heterocycles. The lowest BCUT2D eigenvalue weighted by molar-refractivity contribution is 0.599. The minimum atomic E-state index is -0.357. The Morgan fingerprint density at radius 3 is 0.907 bits per heavy atom. The van der Waals surface area contributed by atoms with Gasteiger partial charge in [0.15, 0.2) is 23.3 Å². The van der Waals surface area contributed by atoms with E-state index in [1.165, 1.54) is 87.4 Å². The zero-order valence-corrected chi connectivity index (χ0v) is 63.8. The number of benzene rings is 4. The van der Waals surface area contributed by atoms with Crippen LogP contribution in [0.25, 0.3) is 0 Å². The minimum absolute atomic E-state index is 0.0257. The molecule has 0 spiro atoms. The maximum absolute atomic E-state index is 14.2. The lowest BCUT2D eigenvalue weighted by Crippen LogP contribution is -2.11. The van der Waals surface area contributed by atoms with Crippen molar-refractivity contribution in [2.45, 2.75) is 155 Å². The molecule has 31 heteroatoms. The van der Waals surface area contributed by atoms with E-state index in [0.29, 0.717) is 108 Å². The van der Waals surface area contributed by atoms with E-state index in [1.54, 1.807) is 24.3 Å². The molecule has 4 saturated carbocycles. The molecule has 24 nitrogen and oxygen atoms in total. The monoisotopic (exact) mass is 1570 g/mol. The van der Waals surface area contributed by atoms with E-state index in [1.807, 2.05) is 115 Å². The molecule has 0 radical (unpaired) electrons. The Bertz CT molecular complexity index is 4700. The molecule has 4 fully saturated rings. The average Bonchev–Trinajstić information content (AvgIpc) is 1.81. The van der Waals surface area contributed by atoms with Crippen LogP contribution in [0.15, 0.2) is 132 Å². The Morgan fingerprint density at radius 1 is 0.336 bits per heavy atom. The van der Waals surface area contributed by atoms with E-state index in [2.05, 4.69) is 152 Å². The van der Waals surface area contributed by atoms with E-state index in [-0.39, 0.29) is 41.6 Å². The Hall–Kier alpha value is -10.4. The van der Waals surface area contributed by atoms with Crippen LogP contribution in [-0.4, -0.2) is 80.7 Å². The van der Waals surface area contributed by atoms with Crippen molar-refractivity contribution in [3.8, 4) is 0 Å². The fourth-order valence-electron chi connectivity index (χ4n) is 11.9. The van der Waals surface area contributed by atoms with Crippen LogP contribution >= 0.6 is 50.7 Å². The zero-order chi connectivity index (χ0) is 75.0. The van der Waals surface area contributed by atoms with Crippen LogP contribution in [0, 0.1) is 45.1 Å². The highest BCUT2D eigenvalue weighted by atomic mass is 79.9. The number of nitrogens with one attached hydrogen (secondary N) is 12. The first-order valence-corrected chi connectivity index (χ1v) is 37.3. The van der Waals surface area contributed by atoms with Gasteiger partial charge in [-0.1, -0.05) is 87.1 Å². The second-order valence-corrected chi connectivity index (χ2v) is 29.3. The van der Waals surface area contributed by atoms with Crippen LogP contribution in [0.3, 0.4) is 0 Å². The van der Waals surface area contributed by atoms with Crippen molar-refractivity contribution in [3.63, 3.8) is 0 Å². The summed E-state index contributed by atoms with van der Waals surface area (Å²) in [5, 5.41) is 57.1. The Morgan fingerprint density at radius 2 is 0.617 bits per heavy atom. The molecule has 12 aromatic rings. The molecule has 4 atom stereocenters. The van der Waals surface area contributed by atoms with Gasteiger partial charge in [0, 0.05) is 120 Å². The lowest BCUT2D eigenvalue weighted by Gasteiger charge is -2.17. The Balaban J connectivity index is 0.000000126. The van der Waals surface area contributed by atoms with E-state index in [4.69, 9.17) is 34.8 Å². The van der Waals surface area contributed by atoms with Crippen LogP contribution in [0.1, 0.15) is 195 Å². The third-order valence-corrected chi connectivity index (χ3v) is 19.4. The number of aromatic nitrogens is 16. The Labute approximate surface area is 640 Å². The van der Waals surface area contributed by atoms with E-state index in [0.717, 1.165) is 67.9 Å². The largest absolute Gasteiger partial charge is 0.363 e. The van der Waals surface area contributed by atoms with Crippen molar-refractivity contribution < 1.29 is 13.2 Å². The summed E-state index contributed by atoms with van der Waals surface area (Å²) in [6, 6.07) is 36.5. The highest BCUT2D eigenvalue weighted by Crippen LogP contribution is 2.43. The average molecular weight is 1570 g/mol. The number of nitrogens with zero attached hydrogens (tertiary/aromatic N) is 12. The number of H-pyrrole nitrogens is 4. The highest BCUT2D eigenvalue weighted by molar-refractivity contribution is 9.10. The van der Waals surface area contributed by atoms with Gasteiger partial charge in [0.2, 0.25) is 0 Å². The predicted octanol–water partition coefficient (Wildman–Crippen LogP) is 20.3. The molecule has 0 bridgehead atoms. The fraction of sp³-hybridized carbons (Fsp3) is 0.316. The van der Waals surface area contributed by atoms with Crippen LogP contribution in [-0.2, 0) is 0 Å². The third kappa shape index (κ3) is 21.0. The standard InChI is InChI=1S/C19H20BrFN6.2C19H20ClFN6.C19H21ClN6/c1-10(14-6-5-13(20)7-15(14)21)22-17-9-18(24-11(2)23-17)25-19-8-16(26-27-19)12-3-4-12;2*1-10(14-6-5-13(21)7-15(14)20)22-17-9-18(24-11(2)23-17)25-19-8-16(26-27-19)12-3-4-12;1-11(14-5-3-4-6-15(14)20)21-17-10-18(23-12(2)22-17)24-19-9-16(25-26-19)13-7-8-13/h3*5-10,12H,3-4H2,1-2H3,(H3,22,23,24,25,26,27);3-6,9-11,13H,7-8H2,1-2H3,(H3,21,22,23,24,25,26)/t;2*10-;/m.10./s1. The Kier molecular flexibility index (Phi) is 23.5. The summed E-state index contributed by atoms with van der Waals surface area (Å²) >= 11 is 21.9. The molecule has 12 N–H and O–H groups in total. The molecular weight excluding hydrogens is 1490 g/mol. The molecule has 4 aliphatic rings. The predicted molar refractivity (Wildman–Crippen MR) is 419 cm³/mol. The first kappa shape index (κ1) is 74.8. The van der Waals surface area contributed by atoms with Gasteiger partial charge in [-0.05, 0) is 166 Å². The van der Waals surface area contributed by atoms with Gasteiger partial charge >= 0.3 is 0 Å². The molecule has 107 heavy (non-hydrogen) atoms. The fourth-order valence-corrected chi connectivity index (χ4v) is 13.2. The second-order valence-electron chi connectivity index (χ2n) is 27.2. The van der Waals surface area contributed by atoms with Crippen molar-refractivity contribution in [2.24, 2.45) is 0 Å². The maximum atomic E-state index is 14.2. The van der Waals surface area contributed by atoms with E-state index < -0.39 is 0 Å². The van der Waals surface area contributed by atoms with Crippen LogP contribution in [0.5, 0.6) is 0 Å². The van der Waals surface area contributed by atoms with Crippen LogP contribution in [0.2, 0.25) is 15.1 Å². The normalized spacial score (nSPS) is 14.8. The first-order chi connectivity index (χ1) is 51.5. The molecule has 4 aromatic carbocycles. The molecule has 8 heterocycles. The summed E-state index contributed by atoms with van der Waals surface area (Å²) in [4.78, 5) is 35.4. The van der Waals surface area contributed by atoms with Crippen molar-refractivity contribution in [1.29, 1.82) is 0 Å². The van der Waals surface area contributed by atoms with Crippen molar-refractivity contribution >= 4 is 121 Å². The molecular formula is C76H81BrCl3F3N24. The highest BCUT2D eigenvalue weighted by Gasteiger charge is 2.29. The zero-order valence-electron chi connectivity index (χ0n) is 59.9. The summed E-state index contributed by atoms with van der Waals surface area (Å²) in [6.07, 6.45) is 9.76. The van der Waals surface area contributed by atoms with Gasteiger partial charge in [-0.15, -0.1) is 0 Å². The van der Waals surface area contributed by atoms with Gasteiger partial charge in [0.1, 0.15) is 87.3 Å². The number of hydrogen-bond acceptors (Lipinski definition) is 20. The van der Waals surface area contributed by atoms with Crippen LogP contribution < -0.4 is 42.5 Å². The SMILES string of the molecule is Cc1nc(Nc2cc(C3CC3)[nH]n2)cc(NC(C)c2ccc(Br)cc2F)n1.Cc1nc(Nc2cc(C3CC3)[nH]n2)cc(NC(C)c2ccccc2Cl)n1.Cc1nc(Nc2cc(C3CC3)[nH]n2)cc(N[C@@H](C)c2ccc(F)cc2Cl)n1.Cc1nc(Nc2cc(C3CC3)[nH]n2)cc(N[C@H](C)c2ccc(F)cc2Cl)n1. The van der Waals surface area contributed by atoms with E-state index in [9.17, 15) is 13.2 Å². The number of hydrogen-bond donors (Lipinski definition) is 12. The molecule has 16 rings (SSSR count). The first-order valence-electron chi connectivity index (χ1n) is 35.4. The topological polar surface area (TPSA) is 314 Å². The number of aromatic amines is 4. The number of anilines is 12. The third-order valence-electron chi connectivity index (χ3n) is 18.0. The molecule has 2 unspecified atom stereocenters. The summed E-state index contributed by atoms with van der Waals surface area (Å²) in [7, 11) is 0. The van der Waals surface area contributed by atoms with E-state index >= 15 is 0 Å². The molecule has 554 valence electrons. The van der Waals surface area contributed by atoms with Gasteiger partial charge in [-0.2, -0.15) is 20.4 Å². The smallest absolute Gasteiger partial charge is 0.153 e. The summed E-state index contributed by atoms with van der Waals surface area (Å²) in [5.41, 5.74) is 7.84. The molecule has 0 amide bonds. The van der Waals surface area contributed by atoms with Crippen molar-refractivity contribution in [3.05, 3.63) is 233 Å². The number of halogens is 7. The molecule has 0 saturated heterocycles. The van der Waals surface area contributed by atoms with Gasteiger partial charge in [0.25, 0.3) is 0 Å². The van der Waals surface area contributed by atoms with Gasteiger partial charge in [-0.25, -0.2) is 53.0 Å². The lowest BCUT2D eigenvalue weighted by atomic mass is 10.1. The van der Waals surface area contributed by atoms with Gasteiger partial charge in [-0.3, -0.25) is 20.4 Å². The minimum Gasteiger partial charge on any atom is -0.363 e. The quantitative estimate of drug-likeness (QED) is 0.0267. The van der Waals surface area contributed by atoms with Crippen molar-refractivity contribution in [1.82, 2.24) is 80.7 Å². The van der Waals surface area contributed by atoms with Gasteiger partial charge in [0.05, 0.1) is 24.2 Å². The molecule has 4 aliphatic carbocycles.